The number of primary amides is 1. The molecule has 1 unspecified atom stereocenters. The van der Waals surface area contributed by atoms with Gasteiger partial charge >= 0.3 is 6.03 Å². The number of carbonyl (C=O) groups is 2. The fraction of sp³-hybridized carbons (Fsp3) is 0.400. The van der Waals surface area contributed by atoms with Crippen LogP contribution < -0.4 is 16.4 Å². The predicted molar refractivity (Wildman–Crippen MR) is 109 cm³/mol. The molecule has 0 radical (unpaired) electrons. The number of nitrogens with zero attached hydrogens (tertiary/aromatic N) is 1. The first kappa shape index (κ1) is 19.4. The number of benzene rings is 1. The molecule has 3 amide bonds. The molecule has 2 heterocycles. The average Bonchev–Trinajstić information content (AvgIpc) is 3.18. The molecule has 1 atom stereocenters. The summed E-state index contributed by atoms with van der Waals surface area (Å²) in [6, 6.07) is 10.5. The third-order valence-electron chi connectivity index (χ3n) is 5.00. The van der Waals surface area contributed by atoms with Crippen LogP contribution >= 0.6 is 11.3 Å². The summed E-state index contributed by atoms with van der Waals surface area (Å²) in [6.45, 7) is 5.01. The average molecular weight is 387 g/mol. The van der Waals surface area contributed by atoms with E-state index in [1.54, 1.807) is 35.6 Å². The SMILES string of the molecule is CC1CCN(C(CNC(=O)c2ccc(NC(N)=O)cc2)c2cccs2)CC1. The highest BCUT2D eigenvalue weighted by Crippen LogP contribution is 2.29. The van der Waals surface area contributed by atoms with E-state index in [4.69, 9.17) is 5.73 Å². The van der Waals surface area contributed by atoms with Gasteiger partial charge in [0, 0.05) is 22.7 Å². The second-order valence-corrected chi connectivity index (χ2v) is 8.01. The minimum absolute atomic E-state index is 0.118. The van der Waals surface area contributed by atoms with Crippen molar-refractivity contribution in [2.75, 3.05) is 25.0 Å². The number of nitrogens with one attached hydrogen (secondary N) is 2. The highest BCUT2D eigenvalue weighted by Gasteiger charge is 2.25. The van der Waals surface area contributed by atoms with Crippen molar-refractivity contribution in [2.24, 2.45) is 11.7 Å². The number of amides is 3. The number of hydrogen-bond donors (Lipinski definition) is 3. The van der Waals surface area contributed by atoms with Crippen molar-refractivity contribution < 1.29 is 9.59 Å². The highest BCUT2D eigenvalue weighted by molar-refractivity contribution is 7.10. The maximum atomic E-state index is 12.5. The van der Waals surface area contributed by atoms with E-state index in [-0.39, 0.29) is 11.9 Å². The molecule has 3 rings (SSSR count). The zero-order valence-electron chi connectivity index (χ0n) is 15.5. The molecular formula is C20H26N4O2S. The van der Waals surface area contributed by atoms with Crippen LogP contribution in [0, 0.1) is 5.92 Å². The van der Waals surface area contributed by atoms with Crippen LogP contribution in [0.15, 0.2) is 41.8 Å². The van der Waals surface area contributed by atoms with Crippen molar-refractivity contribution in [1.29, 1.82) is 0 Å². The molecule has 1 aliphatic heterocycles. The molecule has 0 bridgehead atoms. The van der Waals surface area contributed by atoms with Crippen molar-refractivity contribution in [3.63, 3.8) is 0 Å². The smallest absolute Gasteiger partial charge is 0.316 e. The first-order chi connectivity index (χ1) is 13.0. The van der Waals surface area contributed by atoms with Crippen LogP contribution in [0.5, 0.6) is 0 Å². The molecule has 1 aromatic heterocycles. The van der Waals surface area contributed by atoms with Crippen LogP contribution in [-0.2, 0) is 0 Å². The summed E-state index contributed by atoms with van der Waals surface area (Å²) in [5, 5.41) is 7.64. The van der Waals surface area contributed by atoms with Crippen LogP contribution in [0.1, 0.15) is 41.0 Å². The number of piperidine rings is 1. The Morgan fingerprint density at radius 1 is 1.22 bits per heavy atom. The number of thiophene rings is 1. The maximum absolute atomic E-state index is 12.5. The van der Waals surface area contributed by atoms with Gasteiger partial charge in [0.15, 0.2) is 0 Å². The molecule has 1 aromatic carbocycles. The second kappa shape index (κ2) is 9.01. The summed E-state index contributed by atoms with van der Waals surface area (Å²) in [5.41, 5.74) is 6.22. The number of anilines is 1. The van der Waals surface area contributed by atoms with E-state index >= 15 is 0 Å². The monoisotopic (exact) mass is 386 g/mol. The zero-order valence-corrected chi connectivity index (χ0v) is 16.3. The quantitative estimate of drug-likeness (QED) is 0.711. The number of carbonyl (C=O) groups excluding carboxylic acids is 2. The highest BCUT2D eigenvalue weighted by atomic mass is 32.1. The Labute approximate surface area is 163 Å². The van der Waals surface area contributed by atoms with Gasteiger partial charge in [-0.25, -0.2) is 4.79 Å². The van der Waals surface area contributed by atoms with Gasteiger partial charge in [-0.05, 0) is 67.6 Å². The Kier molecular flexibility index (Phi) is 6.47. The van der Waals surface area contributed by atoms with Gasteiger partial charge in [0.25, 0.3) is 5.91 Å². The molecule has 2 aromatic rings. The minimum Gasteiger partial charge on any atom is -0.351 e. The van der Waals surface area contributed by atoms with Gasteiger partial charge < -0.3 is 16.4 Å². The van der Waals surface area contributed by atoms with Crippen molar-refractivity contribution in [2.45, 2.75) is 25.8 Å². The second-order valence-electron chi connectivity index (χ2n) is 7.03. The lowest BCUT2D eigenvalue weighted by Gasteiger charge is -2.36. The van der Waals surface area contributed by atoms with Crippen molar-refractivity contribution in [1.82, 2.24) is 10.2 Å². The van der Waals surface area contributed by atoms with Crippen LogP contribution in [0.25, 0.3) is 0 Å². The Hall–Kier alpha value is -2.38. The molecule has 1 saturated heterocycles. The van der Waals surface area contributed by atoms with E-state index < -0.39 is 6.03 Å². The fourth-order valence-corrected chi connectivity index (χ4v) is 4.23. The molecule has 7 heteroatoms. The number of urea groups is 1. The molecule has 144 valence electrons. The van der Waals surface area contributed by atoms with E-state index in [2.05, 4.69) is 40.0 Å². The lowest BCUT2D eigenvalue weighted by Crippen LogP contribution is -2.41. The molecule has 27 heavy (non-hydrogen) atoms. The van der Waals surface area contributed by atoms with Crippen LogP contribution in [0.2, 0.25) is 0 Å². The van der Waals surface area contributed by atoms with E-state index in [9.17, 15) is 9.59 Å². The molecule has 1 aliphatic rings. The summed E-state index contributed by atoms with van der Waals surface area (Å²) in [4.78, 5) is 27.2. The standard InChI is InChI=1S/C20H26N4O2S/c1-14-8-10-24(11-9-14)17(18-3-2-12-27-18)13-22-19(25)15-4-6-16(7-5-15)23-20(21)26/h2-7,12,14,17H,8-11,13H2,1H3,(H,22,25)(H3,21,23,26). The normalized spacial score (nSPS) is 16.6. The van der Waals surface area contributed by atoms with Gasteiger partial charge in [-0.2, -0.15) is 0 Å². The number of nitrogens with two attached hydrogens (primary N) is 1. The summed E-state index contributed by atoms with van der Waals surface area (Å²) >= 11 is 1.74. The lowest BCUT2D eigenvalue weighted by molar-refractivity contribution is 0.0915. The topological polar surface area (TPSA) is 87.5 Å². The van der Waals surface area contributed by atoms with Crippen molar-refractivity contribution in [3.05, 3.63) is 52.2 Å². The minimum atomic E-state index is -0.623. The van der Waals surface area contributed by atoms with Gasteiger partial charge in [0.05, 0.1) is 6.04 Å². The third kappa shape index (κ3) is 5.30. The van der Waals surface area contributed by atoms with Crippen molar-refractivity contribution in [3.8, 4) is 0 Å². The number of rotatable bonds is 6. The lowest BCUT2D eigenvalue weighted by atomic mass is 9.97. The molecule has 0 spiro atoms. The Morgan fingerprint density at radius 2 is 1.93 bits per heavy atom. The van der Waals surface area contributed by atoms with Gasteiger partial charge in [-0.3, -0.25) is 9.69 Å². The van der Waals surface area contributed by atoms with Crippen LogP contribution in [0.3, 0.4) is 0 Å². The molecule has 4 N–H and O–H groups in total. The van der Waals surface area contributed by atoms with Gasteiger partial charge in [-0.1, -0.05) is 13.0 Å². The molecule has 1 fully saturated rings. The summed E-state index contributed by atoms with van der Waals surface area (Å²) in [7, 11) is 0. The van der Waals surface area contributed by atoms with Crippen LogP contribution in [-0.4, -0.2) is 36.5 Å². The van der Waals surface area contributed by atoms with Gasteiger partial charge in [0.1, 0.15) is 0 Å². The first-order valence-corrected chi connectivity index (χ1v) is 10.1. The number of hydrogen-bond acceptors (Lipinski definition) is 4. The maximum Gasteiger partial charge on any atom is 0.316 e. The van der Waals surface area contributed by atoms with Gasteiger partial charge in [0.2, 0.25) is 0 Å². The van der Waals surface area contributed by atoms with E-state index in [0.717, 1.165) is 19.0 Å². The first-order valence-electron chi connectivity index (χ1n) is 9.25. The predicted octanol–water partition coefficient (Wildman–Crippen LogP) is 3.44. The van der Waals surface area contributed by atoms with E-state index in [1.807, 2.05) is 0 Å². The molecule has 0 aliphatic carbocycles. The summed E-state index contributed by atoms with van der Waals surface area (Å²) < 4.78 is 0. The summed E-state index contributed by atoms with van der Waals surface area (Å²) in [6.07, 6.45) is 2.40. The van der Waals surface area contributed by atoms with Crippen LogP contribution in [0.4, 0.5) is 10.5 Å². The number of likely N-dealkylation sites (tertiary alicyclic amines) is 1. The van der Waals surface area contributed by atoms with Crippen molar-refractivity contribution >= 4 is 29.0 Å². The third-order valence-corrected chi connectivity index (χ3v) is 5.97. The fourth-order valence-electron chi connectivity index (χ4n) is 3.37. The molecule has 6 nitrogen and oxygen atoms in total. The molecular weight excluding hydrogens is 360 g/mol. The Morgan fingerprint density at radius 3 is 2.52 bits per heavy atom. The molecule has 0 saturated carbocycles. The summed E-state index contributed by atoms with van der Waals surface area (Å²) in [5.74, 6) is 0.653. The van der Waals surface area contributed by atoms with E-state index in [0.29, 0.717) is 17.8 Å². The van der Waals surface area contributed by atoms with Gasteiger partial charge in [-0.15, -0.1) is 11.3 Å². The van der Waals surface area contributed by atoms with E-state index in [1.165, 1.54) is 17.7 Å². The largest absolute Gasteiger partial charge is 0.351 e. The Balaban J connectivity index is 1.62. The zero-order chi connectivity index (χ0) is 19.2. The Bertz CT molecular complexity index is 753.